The van der Waals surface area contributed by atoms with E-state index in [4.69, 9.17) is 9.47 Å². The van der Waals surface area contributed by atoms with Crippen LogP contribution in [0.2, 0.25) is 0 Å². The molecular formula is C18H20INO3. The number of aryl methyl sites for hydroxylation is 1. The molecule has 0 spiro atoms. The molecule has 122 valence electrons. The lowest BCUT2D eigenvalue weighted by Gasteiger charge is -2.10. The zero-order valence-corrected chi connectivity index (χ0v) is 15.6. The third-order valence-electron chi connectivity index (χ3n) is 3.52. The van der Waals surface area contributed by atoms with Crippen molar-refractivity contribution in [1.82, 2.24) is 5.32 Å². The molecule has 0 aromatic heterocycles. The number of hydrogen-bond acceptors (Lipinski definition) is 3. The van der Waals surface area contributed by atoms with Gasteiger partial charge in [-0.25, -0.2) is 0 Å². The highest BCUT2D eigenvalue weighted by Gasteiger charge is 2.10. The third-order valence-corrected chi connectivity index (χ3v) is 4.41. The lowest BCUT2D eigenvalue weighted by atomic mass is 10.1. The van der Waals surface area contributed by atoms with Gasteiger partial charge in [0.15, 0.2) is 11.5 Å². The fourth-order valence-corrected chi connectivity index (χ4v) is 3.17. The Bertz CT molecular complexity index is 701. The molecule has 0 unspecified atom stereocenters. The molecule has 1 amide bonds. The summed E-state index contributed by atoms with van der Waals surface area (Å²) < 4.78 is 11.5. The molecule has 0 aliphatic heterocycles. The Morgan fingerprint density at radius 1 is 1.09 bits per heavy atom. The van der Waals surface area contributed by atoms with E-state index < -0.39 is 0 Å². The number of amides is 1. The van der Waals surface area contributed by atoms with Crippen molar-refractivity contribution in [3.05, 3.63) is 56.7 Å². The number of halogens is 1. The second kappa shape index (κ2) is 8.19. The first-order valence-corrected chi connectivity index (χ1v) is 8.38. The molecule has 0 atom stereocenters. The second-order valence-electron chi connectivity index (χ2n) is 5.18. The maximum atomic E-state index is 12.2. The van der Waals surface area contributed by atoms with E-state index in [1.54, 1.807) is 14.2 Å². The first-order chi connectivity index (χ1) is 11.0. The van der Waals surface area contributed by atoms with Crippen LogP contribution in [0.15, 0.2) is 36.4 Å². The summed E-state index contributed by atoms with van der Waals surface area (Å²) in [7, 11) is 3.23. The standard InChI is InChI=1S/C18H20INO3/c1-12-4-6-14(15(19)10-12)18(21)20-9-8-13-5-7-16(22-2)17(11-13)23-3/h4-7,10-11H,8-9H2,1-3H3,(H,20,21). The fraction of sp³-hybridized carbons (Fsp3) is 0.278. The highest BCUT2D eigenvalue weighted by molar-refractivity contribution is 14.1. The first-order valence-electron chi connectivity index (χ1n) is 7.30. The first kappa shape index (κ1) is 17.6. The van der Waals surface area contributed by atoms with Gasteiger partial charge in [-0.15, -0.1) is 0 Å². The SMILES string of the molecule is COc1ccc(CCNC(=O)c2ccc(C)cc2I)cc1OC. The largest absolute Gasteiger partial charge is 0.493 e. The normalized spacial score (nSPS) is 10.3. The average Bonchev–Trinajstić information content (AvgIpc) is 2.54. The highest BCUT2D eigenvalue weighted by atomic mass is 127. The smallest absolute Gasteiger partial charge is 0.252 e. The molecule has 0 bridgehead atoms. The Morgan fingerprint density at radius 2 is 1.83 bits per heavy atom. The van der Waals surface area contributed by atoms with Gasteiger partial charge >= 0.3 is 0 Å². The summed E-state index contributed by atoms with van der Waals surface area (Å²) >= 11 is 2.19. The molecule has 0 aliphatic rings. The molecule has 0 heterocycles. The molecule has 0 aliphatic carbocycles. The van der Waals surface area contributed by atoms with Crippen molar-refractivity contribution >= 4 is 28.5 Å². The molecule has 2 aromatic carbocycles. The summed E-state index contributed by atoms with van der Waals surface area (Å²) in [6.07, 6.45) is 0.731. The zero-order chi connectivity index (χ0) is 16.8. The molecule has 0 saturated carbocycles. The molecule has 23 heavy (non-hydrogen) atoms. The lowest BCUT2D eigenvalue weighted by molar-refractivity contribution is 0.0953. The summed E-state index contributed by atoms with van der Waals surface area (Å²) in [5.74, 6) is 1.36. The summed E-state index contributed by atoms with van der Waals surface area (Å²) in [6, 6.07) is 11.6. The van der Waals surface area contributed by atoms with Gasteiger partial charge in [0.1, 0.15) is 0 Å². The Morgan fingerprint density at radius 3 is 2.48 bits per heavy atom. The van der Waals surface area contributed by atoms with Crippen molar-refractivity contribution in [3.8, 4) is 11.5 Å². The fourth-order valence-electron chi connectivity index (χ4n) is 2.26. The van der Waals surface area contributed by atoms with Gasteiger partial charge in [-0.05, 0) is 65.8 Å². The summed E-state index contributed by atoms with van der Waals surface area (Å²) in [5.41, 5.74) is 2.95. The Kier molecular flexibility index (Phi) is 6.27. The van der Waals surface area contributed by atoms with Gasteiger partial charge in [-0.2, -0.15) is 0 Å². The maximum Gasteiger partial charge on any atom is 0.252 e. The molecule has 2 aromatic rings. The van der Waals surface area contributed by atoms with Gasteiger partial charge in [0, 0.05) is 10.1 Å². The molecule has 1 N–H and O–H groups in total. The lowest BCUT2D eigenvalue weighted by Crippen LogP contribution is -2.26. The molecular weight excluding hydrogens is 405 g/mol. The van der Waals surface area contributed by atoms with Crippen LogP contribution in [0.3, 0.4) is 0 Å². The van der Waals surface area contributed by atoms with Crippen molar-refractivity contribution in [2.24, 2.45) is 0 Å². The summed E-state index contributed by atoms with van der Waals surface area (Å²) in [5, 5.41) is 2.96. The van der Waals surface area contributed by atoms with Crippen LogP contribution in [-0.2, 0) is 6.42 Å². The van der Waals surface area contributed by atoms with E-state index in [9.17, 15) is 4.79 Å². The van der Waals surface area contributed by atoms with E-state index in [0.717, 1.165) is 21.1 Å². The average molecular weight is 425 g/mol. The van der Waals surface area contributed by atoms with Crippen LogP contribution in [-0.4, -0.2) is 26.7 Å². The molecule has 4 nitrogen and oxygen atoms in total. The van der Waals surface area contributed by atoms with Crippen LogP contribution >= 0.6 is 22.6 Å². The van der Waals surface area contributed by atoms with Gasteiger partial charge in [-0.1, -0.05) is 17.7 Å². The van der Waals surface area contributed by atoms with Gasteiger partial charge in [0.25, 0.3) is 5.91 Å². The van der Waals surface area contributed by atoms with E-state index in [1.807, 2.05) is 43.3 Å². The zero-order valence-electron chi connectivity index (χ0n) is 13.5. The third kappa shape index (κ3) is 4.60. The van der Waals surface area contributed by atoms with E-state index in [1.165, 1.54) is 0 Å². The minimum Gasteiger partial charge on any atom is -0.493 e. The monoisotopic (exact) mass is 425 g/mol. The van der Waals surface area contributed by atoms with Gasteiger partial charge in [-0.3, -0.25) is 4.79 Å². The number of rotatable bonds is 6. The van der Waals surface area contributed by atoms with Crippen LogP contribution in [0.4, 0.5) is 0 Å². The number of nitrogens with one attached hydrogen (secondary N) is 1. The van der Waals surface area contributed by atoms with E-state index in [-0.39, 0.29) is 5.91 Å². The topological polar surface area (TPSA) is 47.6 Å². The van der Waals surface area contributed by atoms with E-state index >= 15 is 0 Å². The Balaban J connectivity index is 1.95. The quantitative estimate of drug-likeness (QED) is 0.720. The summed E-state index contributed by atoms with van der Waals surface area (Å²) in [4.78, 5) is 12.2. The van der Waals surface area contributed by atoms with E-state index in [0.29, 0.717) is 23.6 Å². The highest BCUT2D eigenvalue weighted by Crippen LogP contribution is 2.27. The van der Waals surface area contributed by atoms with Crippen LogP contribution in [0, 0.1) is 10.5 Å². The van der Waals surface area contributed by atoms with Crippen molar-refractivity contribution < 1.29 is 14.3 Å². The van der Waals surface area contributed by atoms with Crippen molar-refractivity contribution in [2.75, 3.05) is 20.8 Å². The molecule has 0 saturated heterocycles. The maximum absolute atomic E-state index is 12.2. The van der Waals surface area contributed by atoms with Crippen LogP contribution in [0.1, 0.15) is 21.5 Å². The number of benzene rings is 2. The summed E-state index contributed by atoms with van der Waals surface area (Å²) in [6.45, 7) is 2.58. The molecule has 5 heteroatoms. The predicted octanol–water partition coefficient (Wildman–Crippen LogP) is 3.59. The number of carbonyl (C=O) groups is 1. The molecule has 2 rings (SSSR count). The van der Waals surface area contributed by atoms with Crippen LogP contribution in [0.5, 0.6) is 11.5 Å². The Hall–Kier alpha value is -1.76. The van der Waals surface area contributed by atoms with Gasteiger partial charge in [0.05, 0.1) is 19.8 Å². The predicted molar refractivity (Wildman–Crippen MR) is 99.5 cm³/mol. The van der Waals surface area contributed by atoms with Crippen molar-refractivity contribution in [3.63, 3.8) is 0 Å². The van der Waals surface area contributed by atoms with E-state index in [2.05, 4.69) is 27.9 Å². The second-order valence-corrected chi connectivity index (χ2v) is 6.34. The number of carbonyl (C=O) groups excluding carboxylic acids is 1. The van der Waals surface area contributed by atoms with Crippen LogP contribution < -0.4 is 14.8 Å². The molecule has 0 fully saturated rings. The minimum atomic E-state index is -0.0464. The van der Waals surface area contributed by atoms with Crippen LogP contribution in [0.25, 0.3) is 0 Å². The van der Waals surface area contributed by atoms with Gasteiger partial charge in [0.2, 0.25) is 0 Å². The number of ether oxygens (including phenoxy) is 2. The van der Waals surface area contributed by atoms with Crippen molar-refractivity contribution in [1.29, 1.82) is 0 Å². The number of methoxy groups -OCH3 is 2. The molecule has 0 radical (unpaired) electrons. The Labute approximate surface area is 150 Å². The van der Waals surface area contributed by atoms with Crippen molar-refractivity contribution in [2.45, 2.75) is 13.3 Å². The minimum absolute atomic E-state index is 0.0464. The number of hydrogen-bond donors (Lipinski definition) is 1. The van der Waals surface area contributed by atoms with Gasteiger partial charge < -0.3 is 14.8 Å².